The average molecular weight is 227 g/mol. The Labute approximate surface area is 104 Å². The van der Waals surface area contributed by atoms with Crippen LogP contribution >= 0.6 is 0 Å². The minimum atomic E-state index is 0.470. The molecular formula is C15H33N. The van der Waals surface area contributed by atoms with Crippen LogP contribution in [0.3, 0.4) is 0 Å². The van der Waals surface area contributed by atoms with Gasteiger partial charge in [-0.25, -0.2) is 0 Å². The average Bonchev–Trinajstić information content (AvgIpc) is 2.07. The van der Waals surface area contributed by atoms with E-state index >= 15 is 0 Å². The lowest BCUT2D eigenvalue weighted by atomic mass is 9.90. The Balaban J connectivity index is 3.76. The number of rotatable bonds is 6. The van der Waals surface area contributed by atoms with Gasteiger partial charge < -0.3 is 4.90 Å². The van der Waals surface area contributed by atoms with Gasteiger partial charge in [-0.1, -0.05) is 48.5 Å². The Kier molecular flexibility index (Phi) is 6.62. The van der Waals surface area contributed by atoms with Crippen molar-refractivity contribution in [2.45, 2.75) is 67.7 Å². The molecule has 0 spiro atoms. The van der Waals surface area contributed by atoms with Crippen LogP contribution in [0.25, 0.3) is 0 Å². The minimum absolute atomic E-state index is 0.470. The minimum Gasteiger partial charge on any atom is -0.304 e. The molecule has 0 heterocycles. The number of hydrogen-bond acceptors (Lipinski definition) is 1. The molecular weight excluding hydrogens is 194 g/mol. The third kappa shape index (κ3) is 10.5. The van der Waals surface area contributed by atoms with Crippen LogP contribution in [-0.4, -0.2) is 24.5 Å². The summed E-state index contributed by atoms with van der Waals surface area (Å²) in [6.45, 7) is 20.0. The number of hydrogen-bond donors (Lipinski definition) is 0. The predicted molar refractivity (Wildman–Crippen MR) is 74.9 cm³/mol. The number of nitrogens with zero attached hydrogens (tertiary/aromatic N) is 1. The summed E-state index contributed by atoms with van der Waals surface area (Å²) < 4.78 is 0. The van der Waals surface area contributed by atoms with Gasteiger partial charge in [-0.2, -0.15) is 0 Å². The van der Waals surface area contributed by atoms with Gasteiger partial charge in [0.25, 0.3) is 0 Å². The van der Waals surface area contributed by atoms with E-state index in [9.17, 15) is 0 Å². The van der Waals surface area contributed by atoms with E-state index in [1.165, 1.54) is 38.9 Å². The molecule has 1 nitrogen and oxygen atoms in total. The maximum Gasteiger partial charge on any atom is -0.00139 e. The molecule has 16 heavy (non-hydrogen) atoms. The summed E-state index contributed by atoms with van der Waals surface area (Å²) in [6.07, 6.45) is 3.97. The molecule has 98 valence electrons. The van der Waals surface area contributed by atoms with Crippen LogP contribution in [-0.2, 0) is 0 Å². The molecule has 0 fully saturated rings. The van der Waals surface area contributed by atoms with Crippen molar-refractivity contribution in [2.75, 3.05) is 19.6 Å². The van der Waals surface area contributed by atoms with Crippen molar-refractivity contribution in [2.24, 2.45) is 10.8 Å². The third-order valence-electron chi connectivity index (χ3n) is 3.03. The van der Waals surface area contributed by atoms with Gasteiger partial charge in [0.1, 0.15) is 0 Å². The first-order valence-corrected chi connectivity index (χ1v) is 6.86. The van der Waals surface area contributed by atoms with Crippen LogP contribution in [0.1, 0.15) is 67.7 Å². The second-order valence-electron chi connectivity index (χ2n) is 7.41. The van der Waals surface area contributed by atoms with Crippen molar-refractivity contribution in [1.82, 2.24) is 4.90 Å². The van der Waals surface area contributed by atoms with E-state index < -0.39 is 0 Å². The standard InChI is InChI=1S/C15H33N/c1-8-16(13-11-15(5,6)7)12-9-10-14(2,3)4/h8-13H2,1-7H3. The first kappa shape index (κ1) is 16.0. The molecule has 0 N–H and O–H groups in total. The molecule has 0 aromatic heterocycles. The smallest absolute Gasteiger partial charge is 0.00139 e. The summed E-state index contributed by atoms with van der Waals surface area (Å²) in [5, 5.41) is 0. The van der Waals surface area contributed by atoms with E-state index in [-0.39, 0.29) is 0 Å². The van der Waals surface area contributed by atoms with E-state index in [0.29, 0.717) is 10.8 Å². The van der Waals surface area contributed by atoms with Crippen molar-refractivity contribution in [1.29, 1.82) is 0 Å². The molecule has 0 amide bonds. The molecule has 0 radical (unpaired) electrons. The largest absolute Gasteiger partial charge is 0.304 e. The van der Waals surface area contributed by atoms with E-state index in [4.69, 9.17) is 0 Å². The van der Waals surface area contributed by atoms with Gasteiger partial charge in [-0.3, -0.25) is 0 Å². The first-order valence-electron chi connectivity index (χ1n) is 6.86. The summed E-state index contributed by atoms with van der Waals surface area (Å²) in [4.78, 5) is 2.59. The highest BCUT2D eigenvalue weighted by Crippen LogP contribution is 2.22. The van der Waals surface area contributed by atoms with Crippen molar-refractivity contribution >= 4 is 0 Å². The lowest BCUT2D eigenvalue weighted by molar-refractivity contribution is 0.221. The molecule has 0 aliphatic heterocycles. The van der Waals surface area contributed by atoms with Crippen LogP contribution in [0.2, 0.25) is 0 Å². The summed E-state index contributed by atoms with van der Waals surface area (Å²) in [7, 11) is 0. The van der Waals surface area contributed by atoms with Gasteiger partial charge >= 0.3 is 0 Å². The Bertz CT molecular complexity index is 171. The normalized spacial score (nSPS) is 13.5. The van der Waals surface area contributed by atoms with Gasteiger partial charge in [0.2, 0.25) is 0 Å². The molecule has 0 saturated carbocycles. The quantitative estimate of drug-likeness (QED) is 0.642. The maximum absolute atomic E-state index is 2.59. The molecule has 0 aromatic carbocycles. The Morgan fingerprint density at radius 1 is 0.750 bits per heavy atom. The lowest BCUT2D eigenvalue weighted by Crippen LogP contribution is -2.29. The zero-order valence-corrected chi connectivity index (χ0v) is 12.7. The summed E-state index contributed by atoms with van der Waals surface area (Å²) in [5.74, 6) is 0. The van der Waals surface area contributed by atoms with Crippen LogP contribution in [0.4, 0.5) is 0 Å². The van der Waals surface area contributed by atoms with Crippen LogP contribution in [0, 0.1) is 10.8 Å². The molecule has 0 aromatic rings. The van der Waals surface area contributed by atoms with Crippen LogP contribution < -0.4 is 0 Å². The predicted octanol–water partition coefficient (Wildman–Crippen LogP) is 4.57. The van der Waals surface area contributed by atoms with Gasteiger partial charge in [0, 0.05) is 0 Å². The monoisotopic (exact) mass is 227 g/mol. The topological polar surface area (TPSA) is 3.24 Å². The molecule has 0 bridgehead atoms. The molecule has 0 aliphatic carbocycles. The second-order valence-corrected chi connectivity index (χ2v) is 7.41. The zero-order valence-electron chi connectivity index (χ0n) is 12.7. The van der Waals surface area contributed by atoms with Crippen LogP contribution in [0.15, 0.2) is 0 Å². The van der Waals surface area contributed by atoms with Gasteiger partial charge in [0.15, 0.2) is 0 Å². The van der Waals surface area contributed by atoms with Crippen molar-refractivity contribution in [3.63, 3.8) is 0 Å². The highest BCUT2D eigenvalue weighted by molar-refractivity contribution is 4.67. The Morgan fingerprint density at radius 3 is 1.62 bits per heavy atom. The maximum atomic E-state index is 2.59. The second kappa shape index (κ2) is 6.64. The van der Waals surface area contributed by atoms with Crippen molar-refractivity contribution in [3.05, 3.63) is 0 Å². The fraction of sp³-hybridized carbons (Fsp3) is 1.00. The van der Waals surface area contributed by atoms with E-state index in [1.807, 2.05) is 0 Å². The van der Waals surface area contributed by atoms with Crippen molar-refractivity contribution < 1.29 is 0 Å². The highest BCUT2D eigenvalue weighted by Gasteiger charge is 2.14. The molecule has 0 aliphatic rings. The fourth-order valence-electron chi connectivity index (χ4n) is 1.75. The first-order chi connectivity index (χ1) is 7.14. The van der Waals surface area contributed by atoms with Gasteiger partial charge in [-0.15, -0.1) is 0 Å². The van der Waals surface area contributed by atoms with E-state index in [1.54, 1.807) is 0 Å². The SMILES string of the molecule is CCN(CCCC(C)(C)C)CCC(C)(C)C. The Morgan fingerprint density at radius 2 is 1.25 bits per heavy atom. The third-order valence-corrected chi connectivity index (χ3v) is 3.03. The van der Waals surface area contributed by atoms with Crippen molar-refractivity contribution in [3.8, 4) is 0 Å². The fourth-order valence-corrected chi connectivity index (χ4v) is 1.75. The van der Waals surface area contributed by atoms with E-state index in [2.05, 4.69) is 53.4 Å². The molecule has 0 saturated heterocycles. The molecule has 0 atom stereocenters. The zero-order chi connectivity index (χ0) is 12.8. The Hall–Kier alpha value is -0.0400. The summed E-state index contributed by atoms with van der Waals surface area (Å²) >= 11 is 0. The molecule has 0 rings (SSSR count). The highest BCUT2D eigenvalue weighted by atomic mass is 15.1. The van der Waals surface area contributed by atoms with Gasteiger partial charge in [-0.05, 0) is 49.7 Å². The molecule has 1 heteroatoms. The van der Waals surface area contributed by atoms with E-state index in [0.717, 1.165) is 0 Å². The van der Waals surface area contributed by atoms with Crippen LogP contribution in [0.5, 0.6) is 0 Å². The summed E-state index contributed by atoms with van der Waals surface area (Å²) in [5.41, 5.74) is 0.959. The summed E-state index contributed by atoms with van der Waals surface area (Å²) in [6, 6.07) is 0. The lowest BCUT2D eigenvalue weighted by Gasteiger charge is -2.27. The van der Waals surface area contributed by atoms with Gasteiger partial charge in [0.05, 0.1) is 0 Å². The molecule has 0 unspecified atom stereocenters.